The number of rotatable bonds is 8. The largest absolute Gasteiger partial charge is 0.480 e. The van der Waals surface area contributed by atoms with Crippen molar-refractivity contribution in [3.05, 3.63) is 0 Å². The second-order valence-corrected chi connectivity index (χ2v) is 9.24. The summed E-state index contributed by atoms with van der Waals surface area (Å²) in [4.78, 5) is 11.7. The molecule has 2 fully saturated rings. The van der Waals surface area contributed by atoms with Gasteiger partial charge in [-0.2, -0.15) is 17.0 Å². The maximum Gasteiger partial charge on any atom is 0.451 e. The molecule has 0 spiro atoms. The number of aliphatic carboxylic acids is 1. The fraction of sp³-hybridized carbons (Fsp3) is 0.929. The van der Waals surface area contributed by atoms with E-state index in [-0.39, 0.29) is 25.5 Å². The molecule has 0 aromatic rings. The van der Waals surface area contributed by atoms with Crippen LogP contribution in [-0.2, 0) is 15.0 Å². The molecule has 0 aromatic carbocycles. The molecule has 0 saturated carbocycles. The first kappa shape index (κ1) is 21.5. The lowest BCUT2D eigenvalue weighted by atomic mass is 9.78. The molecule has 0 radical (unpaired) electrons. The molecule has 0 unspecified atom stereocenters. The number of nitrogens with one attached hydrogen (secondary N) is 1. The Hall–Kier alpha value is -0.755. The van der Waals surface area contributed by atoms with Crippen LogP contribution in [0.15, 0.2) is 0 Å². The van der Waals surface area contributed by atoms with Gasteiger partial charge in [0.05, 0.1) is 0 Å². The van der Waals surface area contributed by atoms with Crippen LogP contribution in [0, 0.1) is 5.92 Å². The Morgan fingerprint density at radius 1 is 1.38 bits per heavy atom. The maximum atomic E-state index is 13.0. The molecular formula is C14H29BN4O6S. The molecule has 0 aromatic heterocycles. The fourth-order valence-electron chi connectivity index (χ4n) is 3.75. The number of nitrogens with zero attached hydrogens (tertiary/aromatic N) is 2. The van der Waals surface area contributed by atoms with Crippen molar-refractivity contribution in [2.45, 2.75) is 43.6 Å². The highest BCUT2D eigenvalue weighted by Crippen LogP contribution is 2.33. The molecule has 26 heavy (non-hydrogen) atoms. The van der Waals surface area contributed by atoms with Crippen molar-refractivity contribution in [1.29, 1.82) is 0 Å². The predicted octanol–water partition coefficient (Wildman–Crippen LogP) is -2.12. The van der Waals surface area contributed by atoms with E-state index in [1.165, 1.54) is 11.4 Å². The summed E-state index contributed by atoms with van der Waals surface area (Å²) in [5, 5.41) is 30.6. The summed E-state index contributed by atoms with van der Waals surface area (Å²) in [5.41, 5.74) is 4.39. The van der Waals surface area contributed by atoms with E-state index in [0.717, 1.165) is 17.4 Å². The molecule has 2 aliphatic rings. The van der Waals surface area contributed by atoms with Gasteiger partial charge in [0.15, 0.2) is 0 Å². The Labute approximate surface area is 154 Å². The van der Waals surface area contributed by atoms with Crippen LogP contribution in [0.3, 0.4) is 0 Å². The molecule has 2 atom stereocenters. The van der Waals surface area contributed by atoms with Crippen LogP contribution in [0.25, 0.3) is 0 Å². The molecule has 2 saturated heterocycles. The van der Waals surface area contributed by atoms with E-state index in [2.05, 4.69) is 5.32 Å². The number of carboxylic acid groups (broad SMARTS) is 1. The molecule has 2 aliphatic heterocycles. The zero-order valence-electron chi connectivity index (χ0n) is 15.0. The zero-order chi connectivity index (χ0) is 19.5. The van der Waals surface area contributed by atoms with Gasteiger partial charge in [0.25, 0.3) is 10.2 Å². The average Bonchev–Trinajstić information content (AvgIpc) is 2.94. The Morgan fingerprint density at radius 3 is 2.54 bits per heavy atom. The lowest BCUT2D eigenvalue weighted by molar-refractivity contribution is -0.144. The Morgan fingerprint density at radius 2 is 2.00 bits per heavy atom. The van der Waals surface area contributed by atoms with Gasteiger partial charge >= 0.3 is 13.1 Å². The Balaban J connectivity index is 2.12. The van der Waals surface area contributed by atoms with Crippen molar-refractivity contribution in [3.8, 4) is 0 Å². The van der Waals surface area contributed by atoms with Crippen LogP contribution in [0.1, 0.15) is 25.7 Å². The summed E-state index contributed by atoms with van der Waals surface area (Å²) in [6, 6.07) is -0.123. The van der Waals surface area contributed by atoms with E-state index < -0.39 is 34.8 Å². The fourth-order valence-corrected chi connectivity index (χ4v) is 5.45. The molecule has 10 nitrogen and oxygen atoms in total. The summed E-state index contributed by atoms with van der Waals surface area (Å²) in [7, 11) is -3.77. The normalized spacial score (nSPS) is 28.6. The summed E-state index contributed by atoms with van der Waals surface area (Å²) in [5.74, 6) is -1.83. The van der Waals surface area contributed by atoms with Gasteiger partial charge in [0.2, 0.25) is 0 Å². The minimum absolute atomic E-state index is 0.0158. The van der Waals surface area contributed by atoms with Gasteiger partial charge < -0.3 is 26.2 Å². The van der Waals surface area contributed by atoms with Crippen molar-refractivity contribution in [2.75, 3.05) is 33.2 Å². The third kappa shape index (κ3) is 4.56. The molecule has 150 valence electrons. The minimum Gasteiger partial charge on any atom is -0.480 e. The van der Waals surface area contributed by atoms with Crippen LogP contribution in [-0.4, -0.2) is 90.1 Å². The number of nitrogens with two attached hydrogens (primary N) is 1. The van der Waals surface area contributed by atoms with Crippen LogP contribution < -0.4 is 11.1 Å². The smallest absolute Gasteiger partial charge is 0.451 e. The number of hydrogen-bond donors (Lipinski definition) is 5. The van der Waals surface area contributed by atoms with Gasteiger partial charge in [-0.05, 0) is 38.7 Å². The number of piperidine rings is 1. The molecule has 0 aliphatic carbocycles. The summed E-state index contributed by atoms with van der Waals surface area (Å²) in [6.07, 6.45) is 2.16. The molecule has 6 N–H and O–H groups in total. The first-order valence-electron chi connectivity index (χ1n) is 8.91. The summed E-state index contributed by atoms with van der Waals surface area (Å²) in [6.45, 7) is 1.22. The quantitative estimate of drug-likeness (QED) is 0.294. The lowest BCUT2D eigenvalue weighted by Gasteiger charge is -2.33. The van der Waals surface area contributed by atoms with Gasteiger partial charge in [-0.3, -0.25) is 4.79 Å². The van der Waals surface area contributed by atoms with Crippen molar-refractivity contribution >= 4 is 23.3 Å². The second-order valence-electron chi connectivity index (χ2n) is 7.25. The zero-order valence-corrected chi connectivity index (χ0v) is 15.9. The minimum atomic E-state index is -3.82. The van der Waals surface area contributed by atoms with Gasteiger partial charge in [0.1, 0.15) is 5.54 Å². The molecule has 12 heteroatoms. The lowest BCUT2D eigenvalue weighted by Crippen LogP contribution is -2.56. The molecular weight excluding hydrogens is 363 g/mol. The van der Waals surface area contributed by atoms with Gasteiger partial charge in [-0.15, -0.1) is 0 Å². The van der Waals surface area contributed by atoms with E-state index in [0.29, 0.717) is 25.7 Å². The van der Waals surface area contributed by atoms with E-state index in [4.69, 9.17) is 15.8 Å². The van der Waals surface area contributed by atoms with Crippen molar-refractivity contribution in [1.82, 2.24) is 13.9 Å². The van der Waals surface area contributed by atoms with Crippen LogP contribution >= 0.6 is 0 Å². The van der Waals surface area contributed by atoms with Gasteiger partial charge in [-0.1, -0.05) is 6.42 Å². The molecule has 2 heterocycles. The summed E-state index contributed by atoms with van der Waals surface area (Å²) >= 11 is 0. The number of hydrogen-bond acceptors (Lipinski definition) is 7. The number of carbonyl (C=O) groups is 1. The van der Waals surface area contributed by atoms with Gasteiger partial charge in [0, 0.05) is 32.1 Å². The topological polar surface area (TPSA) is 156 Å². The van der Waals surface area contributed by atoms with Crippen molar-refractivity contribution in [3.63, 3.8) is 0 Å². The van der Waals surface area contributed by atoms with Crippen LogP contribution in [0.4, 0.5) is 0 Å². The maximum absolute atomic E-state index is 13.0. The van der Waals surface area contributed by atoms with E-state index in [1.807, 2.05) is 0 Å². The third-order valence-electron chi connectivity index (χ3n) is 5.52. The molecule has 0 bridgehead atoms. The first-order valence-corrected chi connectivity index (χ1v) is 10.3. The monoisotopic (exact) mass is 392 g/mol. The highest BCUT2D eigenvalue weighted by molar-refractivity contribution is 7.86. The highest BCUT2D eigenvalue weighted by atomic mass is 32.2. The Kier molecular flexibility index (Phi) is 7.05. The Bertz CT molecular complexity index is 600. The molecule has 2 rings (SSSR count). The second kappa shape index (κ2) is 8.51. The van der Waals surface area contributed by atoms with Crippen LogP contribution in [0.5, 0.6) is 0 Å². The van der Waals surface area contributed by atoms with Crippen molar-refractivity contribution < 1.29 is 28.4 Å². The van der Waals surface area contributed by atoms with Gasteiger partial charge in [-0.25, -0.2) is 0 Å². The van der Waals surface area contributed by atoms with E-state index in [9.17, 15) is 18.3 Å². The SMILES string of the molecule is CN(C1CCNCC1)S(=O)(=O)N1C[C@H](CCCB(O)O)[C@](N)(C(=O)O)C1. The highest BCUT2D eigenvalue weighted by Gasteiger charge is 2.53. The predicted molar refractivity (Wildman–Crippen MR) is 96.4 cm³/mol. The third-order valence-corrected chi connectivity index (χ3v) is 7.47. The standard InChI is InChI=1S/C14H29BN4O6S/c1-18(12-4-7-17-8-5-12)26(24,25)19-9-11(3-2-6-15(22)23)14(16,10-19)13(20)21/h11-12,17,22-23H,2-10,16H2,1H3,(H,20,21)/t11-,14-/m0/s1. The van der Waals surface area contributed by atoms with Crippen molar-refractivity contribution in [2.24, 2.45) is 11.7 Å². The van der Waals surface area contributed by atoms with E-state index >= 15 is 0 Å². The first-order chi connectivity index (χ1) is 12.1. The molecule has 0 amide bonds. The van der Waals surface area contributed by atoms with Crippen LogP contribution in [0.2, 0.25) is 6.32 Å². The summed E-state index contributed by atoms with van der Waals surface area (Å²) < 4.78 is 28.4. The average molecular weight is 392 g/mol. The van der Waals surface area contributed by atoms with E-state index in [1.54, 1.807) is 0 Å². The number of carboxylic acids is 1.